The highest BCUT2D eigenvalue weighted by Gasteiger charge is 2.30. The molecule has 1 N–H and O–H groups in total. The number of aliphatic hydroxyl groups excluding tert-OH is 1. The molecule has 1 aromatic rings. The minimum absolute atomic E-state index is 0.0381. The Kier molecular flexibility index (Phi) is 2.88. The van der Waals surface area contributed by atoms with Crippen LogP contribution in [0.4, 0.5) is 0 Å². The number of rotatable bonds is 1. The predicted molar refractivity (Wildman–Crippen MR) is 60.3 cm³/mol. The van der Waals surface area contributed by atoms with Crippen molar-refractivity contribution < 1.29 is 5.11 Å². The first kappa shape index (κ1) is 11.4. The van der Waals surface area contributed by atoms with E-state index in [9.17, 15) is 9.90 Å². The number of aryl methyl sites for hydroxylation is 1. The summed E-state index contributed by atoms with van der Waals surface area (Å²) in [5, 5.41) is 14.0. The van der Waals surface area contributed by atoms with Crippen LogP contribution in [0.5, 0.6) is 0 Å². The van der Waals surface area contributed by atoms with Gasteiger partial charge in [0.1, 0.15) is 5.82 Å². The third-order valence-electron chi connectivity index (χ3n) is 3.66. The summed E-state index contributed by atoms with van der Waals surface area (Å²) >= 11 is 0. The summed E-state index contributed by atoms with van der Waals surface area (Å²) in [4.78, 5) is 11.9. The number of nitrogens with zero attached hydrogens (tertiary/aromatic N) is 3. The average Bonchev–Trinajstić information content (AvgIpc) is 2.50. The summed E-state index contributed by atoms with van der Waals surface area (Å²) < 4.78 is 3.09. The third-order valence-corrected chi connectivity index (χ3v) is 3.66. The van der Waals surface area contributed by atoms with Gasteiger partial charge >= 0.3 is 5.69 Å². The second-order valence-electron chi connectivity index (χ2n) is 4.84. The summed E-state index contributed by atoms with van der Waals surface area (Å²) in [6, 6.07) is 0.0381. The zero-order valence-corrected chi connectivity index (χ0v) is 10.1. The standard InChI is InChI=1S/C11H19N3O2/c1-7-4-5-9(15)6-10(7)14-11(16)13(3)8(2)12-14/h7,9-10,15H,4-6H2,1-3H3. The van der Waals surface area contributed by atoms with Gasteiger partial charge in [0.25, 0.3) is 0 Å². The van der Waals surface area contributed by atoms with E-state index < -0.39 is 0 Å². The third kappa shape index (κ3) is 1.80. The van der Waals surface area contributed by atoms with E-state index in [0.29, 0.717) is 12.3 Å². The molecule has 0 bridgehead atoms. The second-order valence-corrected chi connectivity index (χ2v) is 4.84. The topological polar surface area (TPSA) is 60.0 Å². The number of hydrogen-bond acceptors (Lipinski definition) is 3. The molecular weight excluding hydrogens is 206 g/mol. The number of aromatic nitrogens is 3. The molecule has 2 rings (SSSR count). The molecule has 3 unspecified atom stereocenters. The van der Waals surface area contributed by atoms with E-state index in [1.807, 2.05) is 6.92 Å². The van der Waals surface area contributed by atoms with Crippen molar-refractivity contribution in [2.45, 2.75) is 45.3 Å². The van der Waals surface area contributed by atoms with E-state index in [1.165, 1.54) is 0 Å². The summed E-state index contributed by atoms with van der Waals surface area (Å²) in [5.41, 5.74) is -0.0801. The van der Waals surface area contributed by atoms with Crippen molar-refractivity contribution in [3.63, 3.8) is 0 Å². The fourth-order valence-corrected chi connectivity index (χ4v) is 2.39. The van der Waals surface area contributed by atoms with E-state index in [1.54, 1.807) is 16.3 Å². The molecule has 1 aromatic heterocycles. The Hall–Kier alpha value is -1.10. The molecule has 1 heterocycles. The van der Waals surface area contributed by atoms with Crippen molar-refractivity contribution in [3.8, 4) is 0 Å². The maximum absolute atomic E-state index is 11.9. The Morgan fingerprint density at radius 3 is 2.69 bits per heavy atom. The molecule has 3 atom stereocenters. The van der Waals surface area contributed by atoms with Crippen LogP contribution in [0, 0.1) is 12.8 Å². The van der Waals surface area contributed by atoms with Gasteiger partial charge in [-0.3, -0.25) is 4.57 Å². The lowest BCUT2D eigenvalue weighted by atomic mass is 9.84. The van der Waals surface area contributed by atoms with Gasteiger partial charge in [-0.15, -0.1) is 0 Å². The van der Waals surface area contributed by atoms with Crippen LogP contribution in [0.1, 0.15) is 38.1 Å². The normalized spacial score (nSPS) is 30.6. The summed E-state index contributed by atoms with van der Waals surface area (Å²) in [6.07, 6.45) is 2.12. The minimum atomic E-state index is -0.296. The minimum Gasteiger partial charge on any atom is -0.393 e. The van der Waals surface area contributed by atoms with Crippen LogP contribution in [0.25, 0.3) is 0 Å². The first-order valence-corrected chi connectivity index (χ1v) is 5.81. The van der Waals surface area contributed by atoms with Gasteiger partial charge in [-0.25, -0.2) is 9.48 Å². The highest BCUT2D eigenvalue weighted by atomic mass is 16.3. The van der Waals surface area contributed by atoms with E-state index in [-0.39, 0.29) is 17.8 Å². The zero-order chi connectivity index (χ0) is 11.9. The van der Waals surface area contributed by atoms with Crippen LogP contribution in [0.2, 0.25) is 0 Å². The molecule has 0 amide bonds. The Morgan fingerprint density at radius 2 is 2.12 bits per heavy atom. The highest BCUT2D eigenvalue weighted by molar-refractivity contribution is 4.88. The maximum atomic E-state index is 11.9. The molecule has 0 aliphatic heterocycles. The second kappa shape index (κ2) is 4.05. The first-order valence-electron chi connectivity index (χ1n) is 5.81. The fraction of sp³-hybridized carbons (Fsp3) is 0.818. The smallest absolute Gasteiger partial charge is 0.345 e. The number of hydrogen-bond donors (Lipinski definition) is 1. The van der Waals surface area contributed by atoms with Crippen LogP contribution in [0.3, 0.4) is 0 Å². The lowest BCUT2D eigenvalue weighted by Crippen LogP contribution is -2.35. The molecule has 0 aromatic carbocycles. The van der Waals surface area contributed by atoms with Gasteiger partial charge in [-0.2, -0.15) is 5.10 Å². The van der Waals surface area contributed by atoms with E-state index >= 15 is 0 Å². The van der Waals surface area contributed by atoms with Crippen molar-refractivity contribution in [1.29, 1.82) is 0 Å². The molecular formula is C11H19N3O2. The van der Waals surface area contributed by atoms with Gasteiger partial charge in [-0.05, 0) is 32.1 Å². The first-order chi connectivity index (χ1) is 7.50. The van der Waals surface area contributed by atoms with Gasteiger partial charge in [0.2, 0.25) is 0 Å². The van der Waals surface area contributed by atoms with Gasteiger partial charge in [0.05, 0.1) is 12.1 Å². The van der Waals surface area contributed by atoms with Crippen molar-refractivity contribution in [2.24, 2.45) is 13.0 Å². The molecule has 1 saturated carbocycles. The van der Waals surface area contributed by atoms with E-state index in [2.05, 4.69) is 12.0 Å². The molecule has 1 aliphatic rings. The number of aliphatic hydroxyl groups is 1. The Labute approximate surface area is 94.7 Å². The van der Waals surface area contributed by atoms with Crippen LogP contribution < -0.4 is 5.69 Å². The lowest BCUT2D eigenvalue weighted by Gasteiger charge is -2.31. The van der Waals surface area contributed by atoms with Crippen molar-refractivity contribution in [1.82, 2.24) is 14.3 Å². The van der Waals surface area contributed by atoms with E-state index in [4.69, 9.17) is 0 Å². The monoisotopic (exact) mass is 225 g/mol. The van der Waals surface area contributed by atoms with Gasteiger partial charge in [0, 0.05) is 7.05 Å². The maximum Gasteiger partial charge on any atom is 0.345 e. The van der Waals surface area contributed by atoms with Crippen molar-refractivity contribution >= 4 is 0 Å². The molecule has 0 radical (unpaired) electrons. The quantitative estimate of drug-likeness (QED) is 0.762. The summed E-state index contributed by atoms with van der Waals surface area (Å²) in [6.45, 7) is 3.94. The molecule has 90 valence electrons. The lowest BCUT2D eigenvalue weighted by molar-refractivity contribution is 0.0719. The van der Waals surface area contributed by atoms with Crippen LogP contribution >= 0.6 is 0 Å². The van der Waals surface area contributed by atoms with Crippen molar-refractivity contribution in [2.75, 3.05) is 0 Å². The Bertz CT molecular complexity index is 435. The highest BCUT2D eigenvalue weighted by Crippen LogP contribution is 2.32. The average molecular weight is 225 g/mol. The molecule has 5 nitrogen and oxygen atoms in total. The fourth-order valence-electron chi connectivity index (χ4n) is 2.39. The SMILES string of the molecule is Cc1nn(C2CC(O)CCC2C)c(=O)n1C. The molecule has 1 fully saturated rings. The summed E-state index contributed by atoms with van der Waals surface area (Å²) in [5.74, 6) is 1.12. The van der Waals surface area contributed by atoms with Crippen LogP contribution in [0.15, 0.2) is 4.79 Å². The van der Waals surface area contributed by atoms with Crippen LogP contribution in [-0.2, 0) is 7.05 Å². The molecule has 5 heteroatoms. The van der Waals surface area contributed by atoms with Gasteiger partial charge < -0.3 is 5.11 Å². The van der Waals surface area contributed by atoms with Crippen LogP contribution in [-0.4, -0.2) is 25.6 Å². The summed E-state index contributed by atoms with van der Waals surface area (Å²) in [7, 11) is 1.73. The Morgan fingerprint density at radius 1 is 1.44 bits per heavy atom. The molecule has 0 spiro atoms. The van der Waals surface area contributed by atoms with Gasteiger partial charge in [0.15, 0.2) is 0 Å². The molecule has 16 heavy (non-hydrogen) atoms. The predicted octanol–water partition coefficient (Wildman–Crippen LogP) is 0.612. The van der Waals surface area contributed by atoms with Gasteiger partial charge in [-0.1, -0.05) is 6.92 Å². The zero-order valence-electron chi connectivity index (χ0n) is 10.1. The van der Waals surface area contributed by atoms with E-state index in [0.717, 1.165) is 18.7 Å². The molecule has 1 aliphatic carbocycles. The Balaban J connectivity index is 2.35. The largest absolute Gasteiger partial charge is 0.393 e. The molecule has 0 saturated heterocycles. The van der Waals surface area contributed by atoms with Crippen molar-refractivity contribution in [3.05, 3.63) is 16.3 Å².